The standard InChI is InChI=1S/C21H22N4O2/c1-15(2)24-20-13-22-19(12-23-20)21(26)25-17-8-10-18(11-9-17)27-14-16-6-4-3-5-7-16/h3-13,15H,14H2,1-2H3,(H,23,24)(H,25,26). The summed E-state index contributed by atoms with van der Waals surface area (Å²) >= 11 is 0. The number of nitrogens with one attached hydrogen (secondary N) is 2. The van der Waals surface area contributed by atoms with Crippen LogP contribution in [0.2, 0.25) is 0 Å². The van der Waals surface area contributed by atoms with E-state index >= 15 is 0 Å². The van der Waals surface area contributed by atoms with Gasteiger partial charge in [0.25, 0.3) is 5.91 Å². The van der Waals surface area contributed by atoms with Crippen LogP contribution < -0.4 is 15.4 Å². The fourth-order valence-electron chi connectivity index (χ4n) is 2.39. The van der Waals surface area contributed by atoms with Crippen LogP contribution in [0.3, 0.4) is 0 Å². The van der Waals surface area contributed by atoms with Gasteiger partial charge in [-0.3, -0.25) is 4.79 Å². The van der Waals surface area contributed by atoms with Gasteiger partial charge >= 0.3 is 0 Å². The number of amides is 1. The molecule has 0 atom stereocenters. The number of carbonyl (C=O) groups is 1. The Morgan fingerprint density at radius 3 is 2.37 bits per heavy atom. The van der Waals surface area contributed by atoms with E-state index in [0.717, 1.165) is 11.3 Å². The Hall–Kier alpha value is -3.41. The van der Waals surface area contributed by atoms with Crippen molar-refractivity contribution >= 4 is 17.4 Å². The molecule has 138 valence electrons. The first kappa shape index (κ1) is 18.4. The summed E-state index contributed by atoms with van der Waals surface area (Å²) in [6.45, 7) is 4.52. The number of aromatic nitrogens is 2. The predicted molar refractivity (Wildman–Crippen MR) is 106 cm³/mol. The molecule has 3 rings (SSSR count). The molecule has 6 nitrogen and oxygen atoms in total. The largest absolute Gasteiger partial charge is 0.489 e. The van der Waals surface area contributed by atoms with Gasteiger partial charge in [-0.25, -0.2) is 9.97 Å². The Balaban J connectivity index is 1.55. The smallest absolute Gasteiger partial charge is 0.275 e. The molecule has 0 bridgehead atoms. The third-order valence-corrected chi connectivity index (χ3v) is 3.68. The second kappa shape index (κ2) is 8.80. The molecule has 0 spiro atoms. The summed E-state index contributed by atoms with van der Waals surface area (Å²) < 4.78 is 5.74. The summed E-state index contributed by atoms with van der Waals surface area (Å²) in [6, 6.07) is 17.4. The third-order valence-electron chi connectivity index (χ3n) is 3.68. The molecule has 1 amide bonds. The molecule has 1 heterocycles. The average molecular weight is 362 g/mol. The van der Waals surface area contributed by atoms with Gasteiger partial charge in [0.2, 0.25) is 0 Å². The van der Waals surface area contributed by atoms with Crippen LogP contribution in [0.25, 0.3) is 0 Å². The number of nitrogens with zero attached hydrogens (tertiary/aromatic N) is 2. The lowest BCUT2D eigenvalue weighted by Gasteiger charge is -2.10. The predicted octanol–water partition coefficient (Wildman–Crippen LogP) is 4.13. The highest BCUT2D eigenvalue weighted by Crippen LogP contribution is 2.17. The second-order valence-corrected chi connectivity index (χ2v) is 6.34. The number of ether oxygens (including phenoxy) is 1. The highest BCUT2D eigenvalue weighted by Gasteiger charge is 2.09. The minimum atomic E-state index is -0.309. The number of hydrogen-bond acceptors (Lipinski definition) is 5. The Labute approximate surface area is 158 Å². The molecule has 27 heavy (non-hydrogen) atoms. The number of benzene rings is 2. The third kappa shape index (κ3) is 5.54. The fourth-order valence-corrected chi connectivity index (χ4v) is 2.39. The first-order chi connectivity index (χ1) is 13.1. The Morgan fingerprint density at radius 1 is 1.00 bits per heavy atom. The van der Waals surface area contributed by atoms with Crippen molar-refractivity contribution in [3.63, 3.8) is 0 Å². The van der Waals surface area contributed by atoms with Crippen LogP contribution in [0.1, 0.15) is 29.9 Å². The van der Waals surface area contributed by atoms with Gasteiger partial charge in [0.15, 0.2) is 0 Å². The van der Waals surface area contributed by atoms with Gasteiger partial charge in [-0.05, 0) is 43.7 Å². The number of rotatable bonds is 7. The summed E-state index contributed by atoms with van der Waals surface area (Å²) in [5, 5.41) is 5.93. The minimum Gasteiger partial charge on any atom is -0.489 e. The highest BCUT2D eigenvalue weighted by atomic mass is 16.5. The first-order valence-electron chi connectivity index (χ1n) is 8.77. The quantitative estimate of drug-likeness (QED) is 0.661. The van der Waals surface area contributed by atoms with Crippen LogP contribution in [0.4, 0.5) is 11.5 Å². The van der Waals surface area contributed by atoms with Crippen molar-refractivity contribution in [1.29, 1.82) is 0 Å². The van der Waals surface area contributed by atoms with Crippen LogP contribution in [0.15, 0.2) is 67.0 Å². The van der Waals surface area contributed by atoms with Crippen LogP contribution in [0.5, 0.6) is 5.75 Å². The van der Waals surface area contributed by atoms with Gasteiger partial charge in [-0.2, -0.15) is 0 Å². The normalized spacial score (nSPS) is 10.5. The molecule has 0 unspecified atom stereocenters. The van der Waals surface area contributed by atoms with Gasteiger partial charge in [-0.1, -0.05) is 30.3 Å². The highest BCUT2D eigenvalue weighted by molar-refractivity contribution is 6.02. The lowest BCUT2D eigenvalue weighted by Crippen LogP contribution is -2.16. The Kier molecular flexibility index (Phi) is 5.99. The zero-order valence-electron chi connectivity index (χ0n) is 15.3. The lowest BCUT2D eigenvalue weighted by molar-refractivity contribution is 0.102. The number of carbonyl (C=O) groups excluding carboxylic acids is 1. The number of hydrogen-bond donors (Lipinski definition) is 2. The molecule has 3 aromatic rings. The maximum Gasteiger partial charge on any atom is 0.275 e. The van der Waals surface area contributed by atoms with Crippen molar-refractivity contribution in [3.05, 3.63) is 78.2 Å². The van der Waals surface area contributed by atoms with Crippen molar-refractivity contribution in [3.8, 4) is 5.75 Å². The topological polar surface area (TPSA) is 76.1 Å². The maximum absolute atomic E-state index is 12.3. The van der Waals surface area contributed by atoms with E-state index in [2.05, 4.69) is 20.6 Å². The molecule has 6 heteroatoms. The lowest BCUT2D eigenvalue weighted by atomic mass is 10.2. The van der Waals surface area contributed by atoms with E-state index in [9.17, 15) is 4.79 Å². The summed E-state index contributed by atoms with van der Waals surface area (Å²) in [6.07, 6.45) is 3.01. The zero-order valence-corrected chi connectivity index (χ0v) is 15.3. The van der Waals surface area contributed by atoms with E-state index in [-0.39, 0.29) is 17.6 Å². The van der Waals surface area contributed by atoms with E-state index in [4.69, 9.17) is 4.74 Å². The second-order valence-electron chi connectivity index (χ2n) is 6.34. The SMILES string of the molecule is CC(C)Nc1cnc(C(=O)Nc2ccc(OCc3ccccc3)cc2)cn1. The van der Waals surface area contributed by atoms with Crippen molar-refractivity contribution in [2.45, 2.75) is 26.5 Å². The summed E-state index contributed by atoms with van der Waals surface area (Å²) in [5.74, 6) is 1.07. The fraction of sp³-hybridized carbons (Fsp3) is 0.190. The molecule has 0 fully saturated rings. The van der Waals surface area contributed by atoms with E-state index in [1.807, 2.05) is 56.3 Å². The van der Waals surface area contributed by atoms with Crippen LogP contribution >= 0.6 is 0 Å². The average Bonchev–Trinajstić information content (AvgIpc) is 2.68. The summed E-state index contributed by atoms with van der Waals surface area (Å²) in [4.78, 5) is 20.6. The van der Waals surface area contributed by atoms with E-state index in [1.165, 1.54) is 6.20 Å². The molecule has 0 saturated heterocycles. The monoisotopic (exact) mass is 362 g/mol. The molecule has 2 N–H and O–H groups in total. The van der Waals surface area contributed by atoms with E-state index in [0.29, 0.717) is 18.1 Å². The van der Waals surface area contributed by atoms with Gasteiger partial charge in [0.1, 0.15) is 23.9 Å². The van der Waals surface area contributed by atoms with Gasteiger partial charge in [0.05, 0.1) is 12.4 Å². The summed E-state index contributed by atoms with van der Waals surface area (Å²) in [7, 11) is 0. The minimum absolute atomic E-state index is 0.251. The van der Waals surface area contributed by atoms with E-state index in [1.54, 1.807) is 18.3 Å². The molecular weight excluding hydrogens is 340 g/mol. The van der Waals surface area contributed by atoms with Gasteiger partial charge < -0.3 is 15.4 Å². The molecule has 0 saturated carbocycles. The molecule has 0 aliphatic heterocycles. The van der Waals surface area contributed by atoms with Crippen LogP contribution in [-0.2, 0) is 6.61 Å². The van der Waals surface area contributed by atoms with Crippen molar-refractivity contribution in [2.75, 3.05) is 10.6 Å². The van der Waals surface area contributed by atoms with Gasteiger partial charge in [-0.15, -0.1) is 0 Å². The van der Waals surface area contributed by atoms with Crippen LogP contribution in [-0.4, -0.2) is 21.9 Å². The zero-order chi connectivity index (χ0) is 19.1. The molecule has 1 aromatic heterocycles. The van der Waals surface area contributed by atoms with Crippen molar-refractivity contribution < 1.29 is 9.53 Å². The molecule has 0 radical (unpaired) electrons. The van der Waals surface area contributed by atoms with Crippen LogP contribution in [0, 0.1) is 0 Å². The van der Waals surface area contributed by atoms with Gasteiger partial charge in [0, 0.05) is 11.7 Å². The van der Waals surface area contributed by atoms with Crippen molar-refractivity contribution in [2.24, 2.45) is 0 Å². The first-order valence-corrected chi connectivity index (χ1v) is 8.77. The Morgan fingerprint density at radius 2 is 1.74 bits per heavy atom. The summed E-state index contributed by atoms with van der Waals surface area (Å²) in [5.41, 5.74) is 2.02. The molecule has 0 aliphatic carbocycles. The van der Waals surface area contributed by atoms with E-state index < -0.39 is 0 Å². The maximum atomic E-state index is 12.3. The molecule has 0 aliphatic rings. The molecular formula is C21H22N4O2. The van der Waals surface area contributed by atoms with Crippen molar-refractivity contribution in [1.82, 2.24) is 9.97 Å². The number of anilines is 2. The Bertz CT molecular complexity index is 863. The molecule has 2 aromatic carbocycles.